The van der Waals surface area contributed by atoms with Crippen LogP contribution in [0.3, 0.4) is 0 Å². The first-order chi connectivity index (χ1) is 25.8. The molecule has 0 N–H and O–H groups in total. The monoisotopic (exact) mass is 661 g/mol. The molecule has 0 bridgehead atoms. The molecule has 2 atom stereocenters. The summed E-state index contributed by atoms with van der Waals surface area (Å²) in [6.45, 7) is 0. The number of fused-ring (bicyclic) bond motifs is 8. The SMILES string of the molecule is C1=CC2=Cc3nc(-c4ccccc4)c4c(c3CC2C=C1)CC1C=CC(c2c3ccccc3c(-c3cccc5ccccc35)c3ccccc23)=CC1=C4. The van der Waals surface area contributed by atoms with Crippen molar-refractivity contribution in [2.45, 2.75) is 12.8 Å². The first-order valence-corrected chi connectivity index (χ1v) is 18.5. The summed E-state index contributed by atoms with van der Waals surface area (Å²) in [5.74, 6) is 0.745. The third kappa shape index (κ3) is 4.52. The summed E-state index contributed by atoms with van der Waals surface area (Å²) in [6.07, 6.45) is 23.1. The zero-order valence-corrected chi connectivity index (χ0v) is 28.8. The Balaban J connectivity index is 1.13. The maximum absolute atomic E-state index is 5.43. The average Bonchev–Trinajstić information content (AvgIpc) is 3.21. The second-order valence-corrected chi connectivity index (χ2v) is 14.6. The lowest BCUT2D eigenvalue weighted by Gasteiger charge is -2.32. The van der Waals surface area contributed by atoms with Crippen LogP contribution in [0.2, 0.25) is 0 Å². The molecule has 0 aliphatic heterocycles. The quantitative estimate of drug-likeness (QED) is 0.172. The number of aromatic nitrogens is 1. The lowest BCUT2D eigenvalue weighted by atomic mass is 9.73. The van der Waals surface area contributed by atoms with Crippen LogP contribution in [0, 0.1) is 11.8 Å². The fourth-order valence-corrected chi connectivity index (χ4v) is 9.29. The van der Waals surface area contributed by atoms with E-state index in [1.807, 2.05) is 0 Å². The fraction of sp³-hybridized carbons (Fsp3) is 0.0784. The van der Waals surface area contributed by atoms with Crippen molar-refractivity contribution >= 4 is 50.0 Å². The van der Waals surface area contributed by atoms with Crippen LogP contribution in [0.5, 0.6) is 0 Å². The lowest BCUT2D eigenvalue weighted by molar-refractivity contribution is 0.708. The largest absolute Gasteiger partial charge is 0.247 e. The van der Waals surface area contributed by atoms with Gasteiger partial charge in [0.1, 0.15) is 0 Å². The third-order valence-corrected chi connectivity index (χ3v) is 11.7. The van der Waals surface area contributed by atoms with E-state index in [9.17, 15) is 0 Å². The maximum atomic E-state index is 5.43. The van der Waals surface area contributed by atoms with E-state index in [1.54, 1.807) is 0 Å². The lowest BCUT2D eigenvalue weighted by Crippen LogP contribution is -2.21. The van der Waals surface area contributed by atoms with Gasteiger partial charge in [0.25, 0.3) is 0 Å². The summed E-state index contributed by atoms with van der Waals surface area (Å²) >= 11 is 0. The second-order valence-electron chi connectivity index (χ2n) is 14.6. The third-order valence-electron chi connectivity index (χ3n) is 11.7. The normalized spacial score (nSPS) is 18.3. The zero-order chi connectivity index (χ0) is 34.2. The van der Waals surface area contributed by atoms with Gasteiger partial charge < -0.3 is 0 Å². The Morgan fingerprint density at radius 2 is 1.13 bits per heavy atom. The molecule has 0 fully saturated rings. The minimum atomic E-state index is 0.325. The molecule has 6 aromatic carbocycles. The predicted molar refractivity (Wildman–Crippen MR) is 220 cm³/mol. The number of allylic oxidation sites excluding steroid dienone is 10. The van der Waals surface area contributed by atoms with Gasteiger partial charge in [-0.2, -0.15) is 0 Å². The van der Waals surface area contributed by atoms with Gasteiger partial charge in [-0.15, -0.1) is 0 Å². The van der Waals surface area contributed by atoms with E-state index in [2.05, 4.69) is 176 Å². The molecule has 1 nitrogen and oxygen atoms in total. The van der Waals surface area contributed by atoms with Crippen molar-refractivity contribution < 1.29 is 0 Å². The van der Waals surface area contributed by atoms with Crippen LogP contribution in [0.1, 0.15) is 27.9 Å². The molecule has 1 heteroatoms. The first-order valence-electron chi connectivity index (χ1n) is 18.5. The Hall–Kier alpha value is -6.31. The minimum Gasteiger partial charge on any atom is -0.247 e. The van der Waals surface area contributed by atoms with Gasteiger partial charge in [0, 0.05) is 23.0 Å². The van der Waals surface area contributed by atoms with Crippen molar-refractivity contribution in [2.24, 2.45) is 11.8 Å². The summed E-state index contributed by atoms with van der Waals surface area (Å²) in [5, 5.41) is 7.69. The molecule has 11 rings (SSSR count). The molecular formula is C51H35N. The highest BCUT2D eigenvalue weighted by Gasteiger charge is 2.31. The molecule has 0 spiro atoms. The van der Waals surface area contributed by atoms with Crippen molar-refractivity contribution in [1.82, 2.24) is 4.98 Å². The van der Waals surface area contributed by atoms with E-state index in [0.717, 1.165) is 24.2 Å². The van der Waals surface area contributed by atoms with Gasteiger partial charge in [-0.3, -0.25) is 0 Å². The Kier molecular flexibility index (Phi) is 6.57. The van der Waals surface area contributed by atoms with Crippen molar-refractivity contribution in [3.63, 3.8) is 0 Å². The number of pyridine rings is 1. The average molecular weight is 662 g/mol. The van der Waals surface area contributed by atoms with Crippen LogP contribution in [-0.4, -0.2) is 4.98 Å². The minimum absolute atomic E-state index is 0.325. The van der Waals surface area contributed by atoms with Gasteiger partial charge in [-0.25, -0.2) is 4.98 Å². The van der Waals surface area contributed by atoms with E-state index in [0.29, 0.717) is 11.8 Å². The van der Waals surface area contributed by atoms with Gasteiger partial charge in [0.2, 0.25) is 0 Å². The maximum Gasteiger partial charge on any atom is 0.0784 e. The molecule has 4 aliphatic rings. The smallest absolute Gasteiger partial charge is 0.0784 e. The summed E-state index contributed by atoms with van der Waals surface area (Å²) in [4.78, 5) is 5.43. The molecule has 52 heavy (non-hydrogen) atoms. The predicted octanol–water partition coefficient (Wildman–Crippen LogP) is 12.8. The van der Waals surface area contributed by atoms with Crippen molar-refractivity contribution in [3.05, 3.63) is 203 Å². The van der Waals surface area contributed by atoms with E-state index in [1.165, 1.54) is 88.0 Å². The Morgan fingerprint density at radius 3 is 1.92 bits per heavy atom. The molecule has 4 aliphatic carbocycles. The molecule has 244 valence electrons. The molecule has 0 radical (unpaired) electrons. The molecule has 0 saturated carbocycles. The summed E-state index contributed by atoms with van der Waals surface area (Å²) in [5.41, 5.74) is 15.5. The topological polar surface area (TPSA) is 12.9 Å². The Bertz CT molecular complexity index is 2780. The summed E-state index contributed by atoms with van der Waals surface area (Å²) < 4.78 is 0. The second kappa shape index (κ2) is 11.6. The van der Waals surface area contributed by atoms with E-state index < -0.39 is 0 Å². The van der Waals surface area contributed by atoms with Crippen LogP contribution in [0.25, 0.3) is 72.4 Å². The van der Waals surface area contributed by atoms with Gasteiger partial charge in [0.05, 0.1) is 11.4 Å². The number of benzene rings is 6. The van der Waals surface area contributed by atoms with Crippen molar-refractivity contribution in [3.8, 4) is 22.4 Å². The van der Waals surface area contributed by atoms with Gasteiger partial charge in [-0.1, -0.05) is 164 Å². The highest BCUT2D eigenvalue weighted by Crippen LogP contribution is 2.48. The van der Waals surface area contributed by atoms with Gasteiger partial charge >= 0.3 is 0 Å². The van der Waals surface area contributed by atoms with E-state index in [-0.39, 0.29) is 0 Å². The molecule has 1 heterocycles. The first kappa shape index (κ1) is 29.4. The number of hydrogen-bond acceptors (Lipinski definition) is 1. The molecule has 0 amide bonds. The number of nitrogens with zero attached hydrogens (tertiary/aromatic N) is 1. The Morgan fingerprint density at radius 1 is 0.481 bits per heavy atom. The van der Waals surface area contributed by atoms with Gasteiger partial charge in [0.15, 0.2) is 0 Å². The van der Waals surface area contributed by atoms with Crippen molar-refractivity contribution in [2.75, 3.05) is 0 Å². The molecule has 1 aromatic heterocycles. The highest BCUT2D eigenvalue weighted by atomic mass is 14.7. The highest BCUT2D eigenvalue weighted by molar-refractivity contribution is 6.22. The fourth-order valence-electron chi connectivity index (χ4n) is 9.29. The molecule has 7 aromatic rings. The van der Waals surface area contributed by atoms with Crippen LogP contribution in [0.15, 0.2) is 175 Å². The van der Waals surface area contributed by atoms with Crippen LogP contribution < -0.4 is 0 Å². The van der Waals surface area contributed by atoms with Gasteiger partial charge in [-0.05, 0) is 102 Å². The van der Waals surface area contributed by atoms with Crippen LogP contribution in [-0.2, 0) is 12.8 Å². The molecular weight excluding hydrogens is 627 g/mol. The summed E-state index contributed by atoms with van der Waals surface area (Å²) in [7, 11) is 0. The summed E-state index contributed by atoms with van der Waals surface area (Å²) in [6, 6.07) is 44.3. The molecule has 0 saturated heterocycles. The van der Waals surface area contributed by atoms with Crippen LogP contribution in [0.4, 0.5) is 0 Å². The zero-order valence-electron chi connectivity index (χ0n) is 28.8. The number of hydrogen-bond donors (Lipinski definition) is 0. The number of rotatable bonds is 3. The Labute approximate surface area is 304 Å². The van der Waals surface area contributed by atoms with E-state index >= 15 is 0 Å². The standard InChI is InChI=1S/C51H35N/c1-2-14-33(15-3-1)51-47-30-38-27-37(26-25-36(38)28-45(47)46-29-34-16-4-5-17-35(34)31-48(46)52-51)49-41-20-8-10-22-43(41)50(44-23-11-9-21-42(44)49)40-24-12-18-32-13-6-7-19-39(32)40/h1-27,30-31,34,36H,28-29H2. The van der Waals surface area contributed by atoms with E-state index in [4.69, 9.17) is 4.98 Å². The van der Waals surface area contributed by atoms with Crippen molar-refractivity contribution in [1.29, 1.82) is 0 Å². The van der Waals surface area contributed by atoms with Crippen LogP contribution >= 0.6 is 0 Å². The molecule has 2 unspecified atom stereocenters.